The molecule has 1 amide bonds. The number of nitrogens with one attached hydrogen (secondary N) is 1. The summed E-state index contributed by atoms with van der Waals surface area (Å²) >= 11 is 3.17. The minimum Gasteiger partial charge on any atom is -0.345 e. The third kappa shape index (κ3) is 4.28. The Kier molecular flexibility index (Phi) is 5.94. The van der Waals surface area contributed by atoms with Crippen molar-refractivity contribution in [3.05, 3.63) is 34.1 Å². The van der Waals surface area contributed by atoms with Gasteiger partial charge in [-0.05, 0) is 54.4 Å². The summed E-state index contributed by atoms with van der Waals surface area (Å²) in [6.45, 7) is 6.41. The van der Waals surface area contributed by atoms with E-state index in [0.29, 0.717) is 11.0 Å². The first-order chi connectivity index (χ1) is 8.86. The maximum Gasteiger partial charge on any atom is 0.239 e. The monoisotopic (exact) mass is 330 g/mol. The highest BCUT2D eigenvalue weighted by atomic mass is 79.9. The summed E-state index contributed by atoms with van der Waals surface area (Å²) in [5.41, 5.74) is 0.937. The van der Waals surface area contributed by atoms with E-state index >= 15 is 0 Å². The highest BCUT2D eigenvalue weighted by Gasteiger charge is 2.19. The van der Waals surface area contributed by atoms with Crippen molar-refractivity contribution in [3.63, 3.8) is 0 Å². The van der Waals surface area contributed by atoms with Crippen molar-refractivity contribution in [2.45, 2.75) is 32.9 Å². The lowest BCUT2D eigenvalue weighted by molar-refractivity contribution is -0.131. The predicted molar refractivity (Wildman–Crippen MR) is 78.4 cm³/mol. The van der Waals surface area contributed by atoms with Crippen molar-refractivity contribution in [2.24, 2.45) is 0 Å². The second kappa shape index (κ2) is 7.01. The van der Waals surface area contributed by atoms with Crippen molar-refractivity contribution in [1.29, 1.82) is 0 Å². The van der Waals surface area contributed by atoms with E-state index in [9.17, 15) is 9.18 Å². The lowest BCUT2D eigenvalue weighted by Gasteiger charge is -2.24. The van der Waals surface area contributed by atoms with Gasteiger partial charge in [-0.15, -0.1) is 0 Å². The molecule has 5 heteroatoms. The van der Waals surface area contributed by atoms with Gasteiger partial charge in [-0.25, -0.2) is 4.39 Å². The maximum absolute atomic E-state index is 13.2. The molecular weight excluding hydrogens is 311 g/mol. The molecule has 0 heterocycles. The number of hydrogen-bond donors (Lipinski definition) is 1. The third-order valence-electron chi connectivity index (χ3n) is 3.16. The first kappa shape index (κ1) is 16.1. The van der Waals surface area contributed by atoms with Crippen LogP contribution in [0.4, 0.5) is 4.39 Å². The number of halogens is 2. The van der Waals surface area contributed by atoms with E-state index in [4.69, 9.17) is 0 Å². The molecule has 0 saturated heterocycles. The second-order valence-corrected chi connectivity index (χ2v) is 5.49. The van der Waals surface area contributed by atoms with E-state index in [2.05, 4.69) is 21.2 Å². The van der Waals surface area contributed by atoms with Gasteiger partial charge in [0, 0.05) is 19.6 Å². The third-order valence-corrected chi connectivity index (χ3v) is 3.77. The number of amides is 1. The van der Waals surface area contributed by atoms with Gasteiger partial charge < -0.3 is 4.90 Å². The molecule has 2 unspecified atom stereocenters. The van der Waals surface area contributed by atoms with Crippen LogP contribution in [0.25, 0.3) is 0 Å². The Morgan fingerprint density at radius 3 is 2.63 bits per heavy atom. The van der Waals surface area contributed by atoms with Gasteiger partial charge in [0.2, 0.25) is 5.91 Å². The van der Waals surface area contributed by atoms with Crippen molar-refractivity contribution >= 4 is 21.8 Å². The predicted octanol–water partition coefficient (Wildman–Crippen LogP) is 3.11. The molecule has 1 rings (SSSR count). The van der Waals surface area contributed by atoms with E-state index in [0.717, 1.165) is 5.56 Å². The Balaban J connectivity index is 2.71. The van der Waals surface area contributed by atoms with Gasteiger partial charge in [-0.2, -0.15) is 0 Å². The SMILES string of the molecule is CCN(C)C(=O)C(C)NC(C)c1ccc(F)c(Br)c1. The van der Waals surface area contributed by atoms with Crippen LogP contribution in [0.5, 0.6) is 0 Å². The molecule has 1 aromatic carbocycles. The molecule has 0 aliphatic heterocycles. The average Bonchev–Trinajstić information content (AvgIpc) is 2.39. The lowest BCUT2D eigenvalue weighted by Crippen LogP contribution is -2.43. The van der Waals surface area contributed by atoms with E-state index in [1.54, 1.807) is 24.1 Å². The minimum atomic E-state index is -0.286. The number of carbonyl (C=O) groups is 1. The van der Waals surface area contributed by atoms with Gasteiger partial charge in [0.1, 0.15) is 5.82 Å². The van der Waals surface area contributed by atoms with Crippen LogP contribution in [0.1, 0.15) is 32.4 Å². The summed E-state index contributed by atoms with van der Waals surface area (Å²) in [4.78, 5) is 13.6. The number of benzene rings is 1. The number of likely N-dealkylation sites (N-methyl/N-ethyl adjacent to an activating group) is 1. The largest absolute Gasteiger partial charge is 0.345 e. The molecule has 0 bridgehead atoms. The molecule has 0 saturated carbocycles. The molecule has 0 radical (unpaired) electrons. The van der Waals surface area contributed by atoms with Crippen LogP contribution >= 0.6 is 15.9 Å². The number of hydrogen-bond acceptors (Lipinski definition) is 2. The fraction of sp³-hybridized carbons (Fsp3) is 0.500. The summed E-state index contributed by atoms with van der Waals surface area (Å²) < 4.78 is 13.6. The molecule has 1 N–H and O–H groups in total. The molecule has 1 aromatic rings. The van der Waals surface area contributed by atoms with Crippen LogP contribution in [0.3, 0.4) is 0 Å². The topological polar surface area (TPSA) is 32.3 Å². The minimum absolute atomic E-state index is 0.0268. The smallest absolute Gasteiger partial charge is 0.239 e. The number of nitrogens with zero attached hydrogens (tertiary/aromatic N) is 1. The van der Waals surface area contributed by atoms with Crippen LogP contribution < -0.4 is 5.32 Å². The van der Waals surface area contributed by atoms with Gasteiger partial charge >= 0.3 is 0 Å². The summed E-state index contributed by atoms with van der Waals surface area (Å²) in [6, 6.07) is 4.57. The molecule has 3 nitrogen and oxygen atoms in total. The van der Waals surface area contributed by atoms with Crippen LogP contribution in [0.2, 0.25) is 0 Å². The summed E-state index contributed by atoms with van der Waals surface area (Å²) in [5.74, 6) is -0.235. The van der Waals surface area contributed by atoms with Gasteiger partial charge in [-0.1, -0.05) is 6.07 Å². The fourth-order valence-corrected chi connectivity index (χ4v) is 2.21. The highest BCUT2D eigenvalue weighted by Crippen LogP contribution is 2.21. The van der Waals surface area contributed by atoms with Crippen molar-refractivity contribution < 1.29 is 9.18 Å². The zero-order valence-corrected chi connectivity index (χ0v) is 13.3. The molecule has 0 spiro atoms. The first-order valence-electron chi connectivity index (χ1n) is 6.32. The summed E-state index contributed by atoms with van der Waals surface area (Å²) in [5, 5.41) is 3.22. The van der Waals surface area contributed by atoms with Crippen molar-refractivity contribution in [2.75, 3.05) is 13.6 Å². The van der Waals surface area contributed by atoms with Gasteiger partial charge in [0.25, 0.3) is 0 Å². The van der Waals surface area contributed by atoms with E-state index < -0.39 is 0 Å². The highest BCUT2D eigenvalue weighted by molar-refractivity contribution is 9.10. The first-order valence-corrected chi connectivity index (χ1v) is 7.12. The Labute approximate surface area is 122 Å². The van der Waals surface area contributed by atoms with Gasteiger partial charge in [0.05, 0.1) is 10.5 Å². The van der Waals surface area contributed by atoms with Crippen LogP contribution in [-0.2, 0) is 4.79 Å². The molecule has 0 aromatic heterocycles. The van der Waals surface area contributed by atoms with Gasteiger partial charge in [-0.3, -0.25) is 10.1 Å². The van der Waals surface area contributed by atoms with Gasteiger partial charge in [0.15, 0.2) is 0 Å². The fourth-order valence-electron chi connectivity index (χ4n) is 1.81. The average molecular weight is 331 g/mol. The normalized spacial score (nSPS) is 14.0. The Bertz CT molecular complexity index is 453. The van der Waals surface area contributed by atoms with E-state index in [1.807, 2.05) is 20.8 Å². The lowest BCUT2D eigenvalue weighted by atomic mass is 10.1. The number of carbonyl (C=O) groups excluding carboxylic acids is 1. The van der Waals surface area contributed by atoms with E-state index in [-0.39, 0.29) is 23.8 Å². The molecular formula is C14H20BrFN2O. The molecule has 106 valence electrons. The second-order valence-electron chi connectivity index (χ2n) is 4.64. The zero-order chi connectivity index (χ0) is 14.6. The summed E-state index contributed by atoms with van der Waals surface area (Å²) in [7, 11) is 1.78. The molecule has 2 atom stereocenters. The Hall–Kier alpha value is -0.940. The standard InChI is InChI=1S/C14H20BrFN2O/c1-5-18(4)14(19)10(3)17-9(2)11-6-7-13(16)12(15)8-11/h6-10,17H,5H2,1-4H3. The van der Waals surface area contributed by atoms with Crippen LogP contribution in [-0.4, -0.2) is 30.4 Å². The number of rotatable bonds is 5. The van der Waals surface area contributed by atoms with Crippen LogP contribution in [0, 0.1) is 5.82 Å². The van der Waals surface area contributed by atoms with E-state index in [1.165, 1.54) is 6.07 Å². The molecule has 0 fully saturated rings. The molecule has 0 aliphatic rings. The van der Waals surface area contributed by atoms with Crippen molar-refractivity contribution in [1.82, 2.24) is 10.2 Å². The molecule has 19 heavy (non-hydrogen) atoms. The molecule has 0 aliphatic carbocycles. The zero-order valence-electron chi connectivity index (χ0n) is 11.7. The quantitative estimate of drug-likeness (QED) is 0.899. The Morgan fingerprint density at radius 2 is 2.11 bits per heavy atom. The maximum atomic E-state index is 13.2. The summed E-state index contributed by atoms with van der Waals surface area (Å²) in [6.07, 6.45) is 0. The van der Waals surface area contributed by atoms with Crippen LogP contribution in [0.15, 0.2) is 22.7 Å². The Morgan fingerprint density at radius 1 is 1.47 bits per heavy atom. The van der Waals surface area contributed by atoms with Crippen molar-refractivity contribution in [3.8, 4) is 0 Å².